The molecule has 17 heteroatoms. The molecule has 0 saturated carbocycles. The molecule has 0 aliphatic carbocycles. The summed E-state index contributed by atoms with van der Waals surface area (Å²) < 4.78 is 88.7. The number of Topliss-reactive ketones (excluding diaryl/α,β-unsaturated/α-hetero) is 2. The van der Waals surface area contributed by atoms with E-state index in [4.69, 9.17) is 10.5 Å². The van der Waals surface area contributed by atoms with Crippen LogP contribution in [-0.2, 0) is 23.6 Å². The van der Waals surface area contributed by atoms with Gasteiger partial charge in [-0.15, -0.1) is 0 Å². The van der Waals surface area contributed by atoms with E-state index < -0.39 is 35.0 Å². The maximum absolute atomic E-state index is 13.2. The normalized spacial score (nSPS) is 11.1. The van der Waals surface area contributed by atoms with Crippen LogP contribution >= 0.6 is 0 Å². The van der Waals surface area contributed by atoms with Crippen molar-refractivity contribution in [2.45, 2.75) is 45.5 Å². The minimum atomic E-state index is -4.63. The molecule has 0 amide bonds. The highest BCUT2D eigenvalue weighted by atomic mass is 19.4. The molecule has 0 bridgehead atoms. The zero-order valence-corrected chi connectivity index (χ0v) is 27.7. The number of methoxy groups -OCH3 is 2. The number of carbonyl (C=O) groups is 3. The summed E-state index contributed by atoms with van der Waals surface area (Å²) >= 11 is 0. The molecule has 0 fully saturated rings. The lowest BCUT2D eigenvalue weighted by Gasteiger charge is -2.13. The van der Waals surface area contributed by atoms with Gasteiger partial charge in [0.2, 0.25) is 17.5 Å². The molecule has 0 spiro atoms. The van der Waals surface area contributed by atoms with Crippen molar-refractivity contribution in [3.63, 3.8) is 0 Å². The van der Waals surface area contributed by atoms with Crippen LogP contribution in [-0.4, -0.2) is 55.9 Å². The second-order valence-corrected chi connectivity index (χ2v) is 10.3. The van der Waals surface area contributed by atoms with Crippen molar-refractivity contribution in [3.8, 4) is 11.5 Å². The molecule has 3 aromatic heterocycles. The fraction of sp³-hybridized carbons (Fsp3) is 0.265. The largest absolute Gasteiger partial charge is 0.496 e. The quantitative estimate of drug-likeness (QED) is 0.0971. The van der Waals surface area contributed by atoms with Gasteiger partial charge in [-0.2, -0.15) is 26.3 Å². The van der Waals surface area contributed by atoms with Crippen molar-refractivity contribution in [2.75, 3.05) is 20.0 Å². The van der Waals surface area contributed by atoms with Gasteiger partial charge in [0.25, 0.3) is 0 Å². The number of nitrogen functional groups attached to an aromatic ring is 1. The van der Waals surface area contributed by atoms with E-state index in [1.807, 2.05) is 6.92 Å². The number of halogens is 6. The molecule has 0 atom stereocenters. The summed E-state index contributed by atoms with van der Waals surface area (Å²) in [4.78, 5) is 51.3. The number of aromatic nitrogens is 5. The molecule has 0 radical (unpaired) electrons. The van der Waals surface area contributed by atoms with Crippen LogP contribution in [0.5, 0.6) is 11.5 Å². The summed E-state index contributed by atoms with van der Waals surface area (Å²) in [6.45, 7) is 3.40. The number of alkyl halides is 6. The number of hydrogen-bond acceptors (Lipinski definition) is 10. The number of nitrogens with zero attached hydrogens (tertiary/aromatic N) is 5. The van der Waals surface area contributed by atoms with E-state index in [1.165, 1.54) is 22.7 Å². The van der Waals surface area contributed by atoms with E-state index in [0.29, 0.717) is 29.9 Å². The van der Waals surface area contributed by atoms with Crippen molar-refractivity contribution >= 4 is 29.1 Å². The highest BCUT2D eigenvalue weighted by molar-refractivity contribution is 6.09. The highest BCUT2D eigenvalue weighted by Crippen LogP contribution is 2.38. The smallest absolute Gasteiger partial charge is 0.419 e. The summed E-state index contributed by atoms with van der Waals surface area (Å²) in [6, 6.07) is 9.61. The summed E-state index contributed by atoms with van der Waals surface area (Å²) in [6.07, 6.45) is -2.67. The lowest BCUT2D eigenvalue weighted by Crippen LogP contribution is -2.12. The Hall–Kier alpha value is -5.87. The van der Waals surface area contributed by atoms with Gasteiger partial charge < -0.3 is 15.2 Å². The van der Waals surface area contributed by atoms with Crippen LogP contribution < -0.4 is 15.2 Å². The van der Waals surface area contributed by atoms with Gasteiger partial charge in [0.05, 0.1) is 37.5 Å². The fourth-order valence-corrected chi connectivity index (χ4v) is 4.45. The first-order valence-corrected chi connectivity index (χ1v) is 15.0. The Labute approximate surface area is 287 Å². The van der Waals surface area contributed by atoms with Gasteiger partial charge in [-0.1, -0.05) is 13.8 Å². The minimum absolute atomic E-state index is 0.0894. The Morgan fingerprint density at radius 1 is 0.784 bits per heavy atom. The number of nitrogens with two attached hydrogens (primary N) is 1. The molecule has 2 N–H and O–H groups in total. The first kappa shape index (κ1) is 39.6. The van der Waals surface area contributed by atoms with Crippen LogP contribution in [0, 0.1) is 0 Å². The molecule has 5 aromatic rings. The molecule has 0 aliphatic heterocycles. The topological polar surface area (TPSA) is 152 Å². The number of rotatable bonds is 9. The second kappa shape index (κ2) is 17.2. The third-order valence-electron chi connectivity index (χ3n) is 6.96. The van der Waals surface area contributed by atoms with Gasteiger partial charge in [0.1, 0.15) is 23.0 Å². The van der Waals surface area contributed by atoms with Crippen LogP contribution in [0.3, 0.4) is 0 Å². The van der Waals surface area contributed by atoms with Gasteiger partial charge in [0, 0.05) is 42.3 Å². The Kier molecular flexibility index (Phi) is 13.3. The van der Waals surface area contributed by atoms with Crippen molar-refractivity contribution < 1.29 is 50.2 Å². The molecule has 0 aliphatic rings. The standard InChI is InChI=1S/C17H14F3N3O2.C13H13F3O3.C4H5N3/c1-3-12-14(23-8-4-7-21-16(23)22-12)15(24)10-5-6-13(25-2)11(9-10)17(18,19)20;1-3-9(17)7-11(18)8-4-5-12(19-2)10(6-8)13(14,15)16;5-4-6-2-1-3-7-4/h4-9H,3H2,1-2H3;4-6H,3,7H2,1-2H3;1-3H,(H2,5,6,7). The number of carbonyl (C=O) groups excluding carboxylic acids is 3. The molecule has 51 heavy (non-hydrogen) atoms. The van der Waals surface area contributed by atoms with Crippen molar-refractivity contribution in [2.24, 2.45) is 0 Å². The summed E-state index contributed by atoms with van der Waals surface area (Å²) in [5.74, 6) is -1.53. The van der Waals surface area contributed by atoms with E-state index in [2.05, 4.69) is 24.7 Å². The van der Waals surface area contributed by atoms with Gasteiger partial charge >= 0.3 is 12.4 Å². The first-order chi connectivity index (χ1) is 24.0. The van der Waals surface area contributed by atoms with E-state index >= 15 is 0 Å². The summed E-state index contributed by atoms with van der Waals surface area (Å²) in [5.41, 5.74) is 3.58. The highest BCUT2D eigenvalue weighted by Gasteiger charge is 2.36. The summed E-state index contributed by atoms with van der Waals surface area (Å²) in [5, 5.41) is 0. The SMILES string of the molecule is CCC(=O)CC(=O)c1ccc(OC)c(C(F)(F)F)c1.CCc1nc2ncccn2c1C(=O)c1ccc(OC)c(C(F)(F)F)c1.Nc1ncccn1. The number of aryl methyl sites for hydroxylation is 1. The Bertz CT molecular complexity index is 1980. The van der Waals surface area contributed by atoms with Crippen molar-refractivity contribution in [1.29, 1.82) is 0 Å². The minimum Gasteiger partial charge on any atom is -0.496 e. The Morgan fingerprint density at radius 2 is 1.31 bits per heavy atom. The zero-order valence-electron chi connectivity index (χ0n) is 27.7. The number of benzene rings is 2. The maximum Gasteiger partial charge on any atom is 0.419 e. The van der Waals surface area contributed by atoms with Gasteiger partial charge in [-0.05, 0) is 55.0 Å². The maximum atomic E-state index is 13.2. The fourth-order valence-electron chi connectivity index (χ4n) is 4.45. The second-order valence-electron chi connectivity index (χ2n) is 10.3. The number of ether oxygens (including phenoxy) is 2. The molecule has 270 valence electrons. The third kappa shape index (κ3) is 10.3. The lowest BCUT2D eigenvalue weighted by molar-refractivity contribution is -0.139. The monoisotopic (exact) mass is 718 g/mol. The number of ketones is 3. The van der Waals surface area contributed by atoms with E-state index in [0.717, 1.165) is 32.4 Å². The van der Waals surface area contributed by atoms with Crippen molar-refractivity contribution in [1.82, 2.24) is 24.3 Å². The van der Waals surface area contributed by atoms with Gasteiger partial charge in [-0.3, -0.25) is 18.8 Å². The predicted octanol–water partition coefficient (Wildman–Crippen LogP) is 6.87. The molecular formula is C34H32F6N6O5. The van der Waals surface area contributed by atoms with Gasteiger partial charge in [0.15, 0.2) is 5.78 Å². The Balaban J connectivity index is 0.000000237. The average Bonchev–Trinajstić information content (AvgIpc) is 3.49. The van der Waals surface area contributed by atoms with Crippen LogP contribution in [0.4, 0.5) is 32.3 Å². The molecule has 0 unspecified atom stereocenters. The number of hydrogen-bond donors (Lipinski definition) is 1. The number of fused-ring (bicyclic) bond motifs is 1. The molecule has 2 aromatic carbocycles. The van der Waals surface area contributed by atoms with E-state index in [-0.39, 0.29) is 46.9 Å². The summed E-state index contributed by atoms with van der Waals surface area (Å²) in [7, 11) is 2.27. The van der Waals surface area contributed by atoms with Crippen LogP contribution in [0.1, 0.15) is 69.9 Å². The van der Waals surface area contributed by atoms with Crippen LogP contribution in [0.2, 0.25) is 0 Å². The van der Waals surface area contributed by atoms with E-state index in [1.54, 1.807) is 37.6 Å². The molecule has 3 heterocycles. The number of imidazole rings is 1. The van der Waals surface area contributed by atoms with E-state index in [9.17, 15) is 40.7 Å². The van der Waals surface area contributed by atoms with Crippen LogP contribution in [0.25, 0.3) is 5.78 Å². The average molecular weight is 719 g/mol. The van der Waals surface area contributed by atoms with Crippen molar-refractivity contribution in [3.05, 3.63) is 107 Å². The lowest BCUT2D eigenvalue weighted by atomic mass is 10.0. The molecular weight excluding hydrogens is 686 g/mol. The van der Waals surface area contributed by atoms with Gasteiger partial charge in [-0.25, -0.2) is 19.9 Å². The predicted molar refractivity (Wildman–Crippen MR) is 172 cm³/mol. The number of anilines is 1. The third-order valence-corrected chi connectivity index (χ3v) is 6.96. The molecule has 11 nitrogen and oxygen atoms in total. The molecule has 0 saturated heterocycles. The molecule has 5 rings (SSSR count). The Morgan fingerprint density at radius 3 is 1.78 bits per heavy atom. The van der Waals surface area contributed by atoms with Crippen LogP contribution in [0.15, 0.2) is 73.3 Å². The zero-order chi connectivity index (χ0) is 37.9. The first-order valence-electron chi connectivity index (χ1n) is 15.0.